The first-order chi connectivity index (χ1) is 11.8. The Balaban J connectivity index is 1.72. The molecule has 0 radical (unpaired) electrons. The number of benzene rings is 3. The molecule has 24 heavy (non-hydrogen) atoms. The zero-order valence-electron chi connectivity index (χ0n) is 14.1. The van der Waals surface area contributed by atoms with Gasteiger partial charge in [-0.15, -0.1) is 0 Å². The van der Waals surface area contributed by atoms with Crippen molar-refractivity contribution in [2.45, 2.75) is 32.0 Å². The summed E-state index contributed by atoms with van der Waals surface area (Å²) in [4.78, 5) is 2.61. The molecule has 0 fully saturated rings. The number of fused-ring (bicyclic) bond motifs is 1. The topological polar surface area (TPSA) is 3.24 Å². The van der Waals surface area contributed by atoms with E-state index in [9.17, 15) is 0 Å². The molecule has 1 aliphatic rings. The van der Waals surface area contributed by atoms with Gasteiger partial charge in [0.2, 0.25) is 0 Å². The van der Waals surface area contributed by atoms with E-state index in [1.165, 1.54) is 22.3 Å². The first kappa shape index (κ1) is 15.2. The quantitative estimate of drug-likeness (QED) is 0.640. The summed E-state index contributed by atoms with van der Waals surface area (Å²) in [6, 6.07) is 31.2. The molecule has 0 spiro atoms. The highest BCUT2D eigenvalue weighted by Crippen LogP contribution is 2.38. The van der Waals surface area contributed by atoms with E-state index < -0.39 is 0 Å². The van der Waals surface area contributed by atoms with Crippen molar-refractivity contribution < 1.29 is 0 Å². The van der Waals surface area contributed by atoms with Gasteiger partial charge in [-0.25, -0.2) is 0 Å². The third-order valence-corrected chi connectivity index (χ3v) is 5.21. The molecular formula is C23H23N. The zero-order chi connectivity index (χ0) is 16.4. The van der Waals surface area contributed by atoms with Gasteiger partial charge in [0.05, 0.1) is 0 Å². The second kappa shape index (κ2) is 6.62. The van der Waals surface area contributed by atoms with E-state index in [4.69, 9.17) is 0 Å². The van der Waals surface area contributed by atoms with Crippen molar-refractivity contribution in [2.75, 3.05) is 0 Å². The van der Waals surface area contributed by atoms with E-state index in [2.05, 4.69) is 96.8 Å². The van der Waals surface area contributed by atoms with Crippen LogP contribution in [-0.2, 0) is 13.1 Å². The van der Waals surface area contributed by atoms with Crippen molar-refractivity contribution in [2.24, 2.45) is 0 Å². The molecule has 1 heterocycles. The molecule has 1 heteroatoms. The number of hydrogen-bond donors (Lipinski definition) is 0. The Kier molecular flexibility index (Phi) is 4.18. The summed E-state index contributed by atoms with van der Waals surface area (Å²) in [5.41, 5.74) is 5.74. The number of rotatable bonds is 3. The van der Waals surface area contributed by atoms with Crippen LogP contribution in [0.1, 0.15) is 35.1 Å². The SMILES string of the molecule is C[C@H]1[C@H](c2ccccc2)c2ccccc2CN1Cc1ccccc1. The van der Waals surface area contributed by atoms with Crippen LogP contribution in [0, 0.1) is 0 Å². The number of hydrogen-bond acceptors (Lipinski definition) is 1. The predicted molar refractivity (Wildman–Crippen MR) is 99.9 cm³/mol. The van der Waals surface area contributed by atoms with Crippen LogP contribution in [0.15, 0.2) is 84.9 Å². The summed E-state index contributed by atoms with van der Waals surface area (Å²) in [6.07, 6.45) is 0. The summed E-state index contributed by atoms with van der Waals surface area (Å²) in [7, 11) is 0. The lowest BCUT2D eigenvalue weighted by atomic mass is 9.79. The van der Waals surface area contributed by atoms with Gasteiger partial charge in [-0.2, -0.15) is 0 Å². The van der Waals surface area contributed by atoms with Gasteiger partial charge in [0.15, 0.2) is 0 Å². The van der Waals surface area contributed by atoms with Crippen molar-refractivity contribution in [3.8, 4) is 0 Å². The lowest BCUT2D eigenvalue weighted by molar-refractivity contribution is 0.160. The van der Waals surface area contributed by atoms with E-state index >= 15 is 0 Å². The predicted octanol–water partition coefficient (Wildman–Crippen LogP) is 5.22. The molecule has 3 aromatic carbocycles. The highest BCUT2D eigenvalue weighted by Gasteiger charge is 2.32. The molecule has 1 nitrogen and oxygen atoms in total. The number of nitrogens with zero attached hydrogens (tertiary/aromatic N) is 1. The third kappa shape index (κ3) is 2.88. The normalized spacial score (nSPS) is 20.5. The van der Waals surface area contributed by atoms with Gasteiger partial charge < -0.3 is 0 Å². The van der Waals surface area contributed by atoms with E-state index in [0.29, 0.717) is 12.0 Å². The van der Waals surface area contributed by atoms with E-state index in [0.717, 1.165) is 13.1 Å². The molecule has 1 aliphatic heterocycles. The molecule has 2 atom stereocenters. The molecule has 0 aromatic heterocycles. The van der Waals surface area contributed by atoms with Gasteiger partial charge in [-0.3, -0.25) is 4.90 Å². The average molecular weight is 313 g/mol. The smallest absolute Gasteiger partial charge is 0.0246 e. The van der Waals surface area contributed by atoms with Crippen LogP contribution in [0.25, 0.3) is 0 Å². The van der Waals surface area contributed by atoms with Crippen LogP contribution in [0.3, 0.4) is 0 Å². The molecule has 0 N–H and O–H groups in total. The highest BCUT2D eigenvalue weighted by molar-refractivity contribution is 5.41. The summed E-state index contributed by atoms with van der Waals surface area (Å²) in [5.74, 6) is 0.430. The molecule has 0 saturated carbocycles. The Bertz CT molecular complexity index is 795. The first-order valence-corrected chi connectivity index (χ1v) is 8.73. The highest BCUT2D eigenvalue weighted by atomic mass is 15.2. The largest absolute Gasteiger partial charge is 0.291 e. The Morgan fingerprint density at radius 3 is 2.17 bits per heavy atom. The minimum absolute atomic E-state index is 0.430. The standard InChI is InChI=1S/C23H23N/c1-18-23(20-12-6-3-7-13-20)22-15-9-8-14-21(22)17-24(18)16-19-10-4-2-5-11-19/h2-15,18,23H,16-17H2,1H3/t18-,23+/m0/s1. The average Bonchev–Trinajstić information content (AvgIpc) is 2.64. The van der Waals surface area contributed by atoms with Gasteiger partial charge in [0, 0.05) is 25.0 Å². The van der Waals surface area contributed by atoms with Crippen molar-refractivity contribution in [3.63, 3.8) is 0 Å². The monoisotopic (exact) mass is 313 g/mol. The van der Waals surface area contributed by atoms with E-state index in [1.54, 1.807) is 0 Å². The fourth-order valence-corrected chi connectivity index (χ4v) is 3.95. The van der Waals surface area contributed by atoms with Crippen LogP contribution in [0.4, 0.5) is 0 Å². The Labute approximate surface area is 144 Å². The molecular weight excluding hydrogens is 290 g/mol. The third-order valence-electron chi connectivity index (χ3n) is 5.21. The van der Waals surface area contributed by atoms with Gasteiger partial charge in [0.25, 0.3) is 0 Å². The Morgan fingerprint density at radius 2 is 1.42 bits per heavy atom. The minimum Gasteiger partial charge on any atom is -0.291 e. The van der Waals surface area contributed by atoms with Crippen LogP contribution < -0.4 is 0 Å². The van der Waals surface area contributed by atoms with Crippen molar-refractivity contribution in [3.05, 3.63) is 107 Å². The lowest BCUT2D eigenvalue weighted by Crippen LogP contribution is -2.41. The molecule has 0 saturated heterocycles. The maximum Gasteiger partial charge on any atom is 0.0246 e. The summed E-state index contributed by atoms with van der Waals surface area (Å²) in [6.45, 7) is 4.39. The molecule has 0 bridgehead atoms. The van der Waals surface area contributed by atoms with Gasteiger partial charge in [0.1, 0.15) is 0 Å². The fraction of sp³-hybridized carbons (Fsp3) is 0.217. The zero-order valence-corrected chi connectivity index (χ0v) is 14.1. The van der Waals surface area contributed by atoms with Crippen LogP contribution >= 0.6 is 0 Å². The molecule has 4 rings (SSSR count). The minimum atomic E-state index is 0.430. The van der Waals surface area contributed by atoms with Gasteiger partial charge in [-0.05, 0) is 29.2 Å². The van der Waals surface area contributed by atoms with E-state index in [-0.39, 0.29) is 0 Å². The fourth-order valence-electron chi connectivity index (χ4n) is 3.95. The molecule has 3 aromatic rings. The first-order valence-electron chi connectivity index (χ1n) is 8.73. The molecule has 0 aliphatic carbocycles. The van der Waals surface area contributed by atoms with E-state index in [1.807, 2.05) is 0 Å². The van der Waals surface area contributed by atoms with Gasteiger partial charge in [-0.1, -0.05) is 84.9 Å². The maximum absolute atomic E-state index is 2.61. The van der Waals surface area contributed by atoms with Crippen molar-refractivity contribution >= 4 is 0 Å². The van der Waals surface area contributed by atoms with Gasteiger partial charge >= 0.3 is 0 Å². The van der Waals surface area contributed by atoms with Crippen molar-refractivity contribution in [1.29, 1.82) is 0 Å². The van der Waals surface area contributed by atoms with Crippen molar-refractivity contribution in [1.82, 2.24) is 4.90 Å². The summed E-state index contributed by atoms with van der Waals surface area (Å²) < 4.78 is 0. The Morgan fingerprint density at radius 1 is 0.792 bits per heavy atom. The van der Waals surface area contributed by atoms with Crippen LogP contribution in [0.2, 0.25) is 0 Å². The second-order valence-corrected chi connectivity index (χ2v) is 6.72. The molecule has 0 amide bonds. The summed E-state index contributed by atoms with van der Waals surface area (Å²) >= 11 is 0. The van der Waals surface area contributed by atoms with Crippen LogP contribution in [0.5, 0.6) is 0 Å². The lowest BCUT2D eigenvalue weighted by Gasteiger charge is -2.41. The maximum atomic E-state index is 2.61. The Hall–Kier alpha value is -2.38. The van der Waals surface area contributed by atoms with Crippen LogP contribution in [-0.4, -0.2) is 10.9 Å². The molecule has 120 valence electrons. The molecule has 0 unspecified atom stereocenters. The second-order valence-electron chi connectivity index (χ2n) is 6.72. The summed E-state index contributed by atoms with van der Waals surface area (Å²) in [5, 5.41) is 0.